The molecule has 2 rings (SSSR count). The minimum Gasteiger partial charge on any atom is -0.380 e. The van der Waals surface area contributed by atoms with E-state index in [-0.39, 0.29) is 5.91 Å². The molecule has 0 unspecified atom stereocenters. The summed E-state index contributed by atoms with van der Waals surface area (Å²) in [5.41, 5.74) is 0.674. The predicted molar refractivity (Wildman–Crippen MR) is 65.0 cm³/mol. The van der Waals surface area contributed by atoms with Crippen LogP contribution in [0.2, 0.25) is 0 Å². The molecule has 0 N–H and O–H groups in total. The van der Waals surface area contributed by atoms with E-state index in [0.29, 0.717) is 18.7 Å². The van der Waals surface area contributed by atoms with Crippen LogP contribution in [0.25, 0.3) is 0 Å². The second-order valence-electron chi connectivity index (χ2n) is 3.78. The van der Waals surface area contributed by atoms with E-state index < -0.39 is 0 Å². The summed E-state index contributed by atoms with van der Waals surface area (Å²) in [5.74, 6) is 0.0519. The lowest BCUT2D eigenvalue weighted by Crippen LogP contribution is -2.33. The van der Waals surface area contributed by atoms with Crippen molar-refractivity contribution in [1.82, 2.24) is 4.90 Å². The number of ether oxygens (including phenoxy) is 1. The van der Waals surface area contributed by atoms with Crippen molar-refractivity contribution in [3.05, 3.63) is 29.8 Å². The molecule has 0 aliphatic carbocycles. The van der Waals surface area contributed by atoms with Crippen molar-refractivity contribution in [3.8, 4) is 0 Å². The predicted octanol–water partition coefficient (Wildman–Crippen LogP) is 1.84. The molecule has 1 aromatic rings. The molecule has 1 aliphatic heterocycles. The van der Waals surface area contributed by atoms with Gasteiger partial charge >= 0.3 is 0 Å². The van der Waals surface area contributed by atoms with E-state index in [4.69, 9.17) is 4.74 Å². The lowest BCUT2D eigenvalue weighted by molar-refractivity contribution is 0.0738. The Morgan fingerprint density at radius 3 is 2.88 bits per heavy atom. The zero-order chi connectivity index (χ0) is 11.4. The van der Waals surface area contributed by atoms with Gasteiger partial charge in [0.05, 0.1) is 12.2 Å². The van der Waals surface area contributed by atoms with Crippen molar-refractivity contribution in [2.75, 3.05) is 26.3 Å². The molecule has 3 nitrogen and oxygen atoms in total. The van der Waals surface area contributed by atoms with Gasteiger partial charge in [-0.1, -0.05) is 12.1 Å². The molecule has 0 aromatic heterocycles. The van der Waals surface area contributed by atoms with E-state index in [2.05, 4.69) is 12.6 Å². The summed E-state index contributed by atoms with van der Waals surface area (Å²) in [6, 6.07) is 7.40. The van der Waals surface area contributed by atoms with E-state index in [1.54, 1.807) is 0 Å². The first-order chi connectivity index (χ1) is 7.79. The highest BCUT2D eigenvalue weighted by Gasteiger charge is 2.18. The van der Waals surface area contributed by atoms with Gasteiger partial charge in [-0.3, -0.25) is 4.79 Å². The Kier molecular flexibility index (Phi) is 3.85. The minimum atomic E-state index is 0.0519. The third-order valence-electron chi connectivity index (χ3n) is 2.64. The van der Waals surface area contributed by atoms with Crippen LogP contribution in [0.15, 0.2) is 29.2 Å². The maximum absolute atomic E-state index is 12.2. The Hall–Kier alpha value is -1.00. The molecule has 0 saturated carbocycles. The number of carbonyl (C=O) groups is 1. The molecular weight excluding hydrogens is 222 g/mol. The molecule has 86 valence electrons. The van der Waals surface area contributed by atoms with E-state index in [9.17, 15) is 4.79 Å². The van der Waals surface area contributed by atoms with E-state index in [1.807, 2.05) is 29.2 Å². The number of nitrogens with zero attached hydrogens (tertiary/aromatic N) is 1. The Morgan fingerprint density at radius 2 is 2.06 bits per heavy atom. The Bertz CT molecular complexity index is 373. The van der Waals surface area contributed by atoms with Crippen LogP contribution in [0, 0.1) is 0 Å². The molecule has 0 atom stereocenters. The highest BCUT2D eigenvalue weighted by atomic mass is 32.1. The molecule has 1 amide bonds. The number of benzene rings is 1. The van der Waals surface area contributed by atoms with Crippen LogP contribution < -0.4 is 0 Å². The van der Waals surface area contributed by atoms with Crippen LogP contribution in [0.5, 0.6) is 0 Å². The average molecular weight is 237 g/mol. The Balaban J connectivity index is 2.14. The summed E-state index contributed by atoms with van der Waals surface area (Å²) >= 11 is 4.30. The molecular formula is C12H15NO2S. The van der Waals surface area contributed by atoms with Crippen LogP contribution in [-0.4, -0.2) is 37.1 Å². The topological polar surface area (TPSA) is 29.5 Å². The Labute approximate surface area is 101 Å². The van der Waals surface area contributed by atoms with Crippen molar-refractivity contribution >= 4 is 18.5 Å². The first-order valence-corrected chi connectivity index (χ1v) is 5.89. The average Bonchev–Trinajstić information content (AvgIpc) is 2.57. The molecule has 1 fully saturated rings. The fourth-order valence-electron chi connectivity index (χ4n) is 1.77. The molecule has 0 bridgehead atoms. The molecule has 1 heterocycles. The van der Waals surface area contributed by atoms with Crippen molar-refractivity contribution < 1.29 is 9.53 Å². The number of carbonyl (C=O) groups excluding carboxylic acids is 1. The first kappa shape index (κ1) is 11.5. The number of hydrogen-bond donors (Lipinski definition) is 1. The number of amides is 1. The van der Waals surface area contributed by atoms with Crippen molar-refractivity contribution in [1.29, 1.82) is 0 Å². The van der Waals surface area contributed by atoms with Gasteiger partial charge < -0.3 is 9.64 Å². The van der Waals surface area contributed by atoms with E-state index in [0.717, 1.165) is 24.5 Å². The molecule has 0 spiro atoms. The van der Waals surface area contributed by atoms with Gasteiger partial charge in [0, 0.05) is 24.6 Å². The summed E-state index contributed by atoms with van der Waals surface area (Å²) < 4.78 is 5.33. The van der Waals surface area contributed by atoms with Crippen molar-refractivity contribution in [3.63, 3.8) is 0 Å². The van der Waals surface area contributed by atoms with Crippen molar-refractivity contribution in [2.24, 2.45) is 0 Å². The van der Waals surface area contributed by atoms with Gasteiger partial charge in [-0.15, -0.1) is 12.6 Å². The van der Waals surface area contributed by atoms with Gasteiger partial charge in [-0.05, 0) is 18.6 Å². The minimum absolute atomic E-state index is 0.0519. The van der Waals surface area contributed by atoms with Gasteiger partial charge in [0.15, 0.2) is 0 Å². The summed E-state index contributed by atoms with van der Waals surface area (Å²) in [6.07, 6.45) is 0.903. The SMILES string of the molecule is O=C(c1ccccc1S)N1CCCOCC1. The van der Waals surface area contributed by atoms with Gasteiger partial charge in [-0.2, -0.15) is 0 Å². The normalized spacial score (nSPS) is 16.9. The third-order valence-corrected chi connectivity index (χ3v) is 3.03. The lowest BCUT2D eigenvalue weighted by Gasteiger charge is -2.20. The molecule has 4 heteroatoms. The highest BCUT2D eigenvalue weighted by molar-refractivity contribution is 7.80. The zero-order valence-electron chi connectivity index (χ0n) is 9.06. The summed E-state index contributed by atoms with van der Waals surface area (Å²) in [4.78, 5) is 14.8. The van der Waals surface area contributed by atoms with Crippen LogP contribution >= 0.6 is 12.6 Å². The standard InChI is InChI=1S/C12H15NO2S/c14-12(10-4-1-2-5-11(10)16)13-6-3-8-15-9-7-13/h1-2,4-5,16H,3,6-9H2. The fourth-order valence-corrected chi connectivity index (χ4v) is 2.03. The Morgan fingerprint density at radius 1 is 1.25 bits per heavy atom. The zero-order valence-corrected chi connectivity index (χ0v) is 9.95. The lowest BCUT2D eigenvalue weighted by atomic mass is 10.2. The summed E-state index contributed by atoms with van der Waals surface area (Å²) in [6.45, 7) is 2.80. The van der Waals surface area contributed by atoms with Crippen molar-refractivity contribution in [2.45, 2.75) is 11.3 Å². The number of rotatable bonds is 1. The van der Waals surface area contributed by atoms with Gasteiger partial charge in [0.1, 0.15) is 0 Å². The van der Waals surface area contributed by atoms with Crippen LogP contribution in [0.3, 0.4) is 0 Å². The molecule has 1 aliphatic rings. The quantitative estimate of drug-likeness (QED) is 0.755. The van der Waals surface area contributed by atoms with Crippen LogP contribution in [0.4, 0.5) is 0 Å². The molecule has 0 radical (unpaired) electrons. The second-order valence-corrected chi connectivity index (χ2v) is 4.26. The maximum Gasteiger partial charge on any atom is 0.255 e. The molecule has 1 aromatic carbocycles. The third kappa shape index (κ3) is 2.57. The summed E-state index contributed by atoms with van der Waals surface area (Å²) in [7, 11) is 0. The first-order valence-electron chi connectivity index (χ1n) is 5.44. The highest BCUT2D eigenvalue weighted by Crippen LogP contribution is 2.16. The number of thiol groups is 1. The van der Waals surface area contributed by atoms with E-state index >= 15 is 0 Å². The van der Waals surface area contributed by atoms with Crippen LogP contribution in [-0.2, 0) is 4.74 Å². The van der Waals surface area contributed by atoms with Gasteiger partial charge in [0.25, 0.3) is 5.91 Å². The van der Waals surface area contributed by atoms with Crippen LogP contribution in [0.1, 0.15) is 16.8 Å². The molecule has 1 saturated heterocycles. The van der Waals surface area contributed by atoms with Gasteiger partial charge in [0.2, 0.25) is 0 Å². The second kappa shape index (κ2) is 5.37. The number of hydrogen-bond acceptors (Lipinski definition) is 3. The molecule has 16 heavy (non-hydrogen) atoms. The fraction of sp³-hybridized carbons (Fsp3) is 0.417. The van der Waals surface area contributed by atoms with E-state index in [1.165, 1.54) is 0 Å². The monoisotopic (exact) mass is 237 g/mol. The van der Waals surface area contributed by atoms with Gasteiger partial charge in [-0.25, -0.2) is 0 Å². The summed E-state index contributed by atoms with van der Waals surface area (Å²) in [5, 5.41) is 0. The maximum atomic E-state index is 12.2. The largest absolute Gasteiger partial charge is 0.380 e. The smallest absolute Gasteiger partial charge is 0.255 e.